The Morgan fingerprint density at radius 3 is 2.14 bits per heavy atom. The molecule has 2 heterocycles. The number of benzene rings is 2. The van der Waals surface area contributed by atoms with Gasteiger partial charge in [-0.2, -0.15) is 0 Å². The van der Waals surface area contributed by atoms with E-state index in [0.717, 1.165) is 68.7 Å². The lowest BCUT2D eigenvalue weighted by Gasteiger charge is -2.26. The number of hydrogen-bond donors (Lipinski definition) is 1. The SMILES string of the molecule is Cc1cccc(C)c1C(=O)N1CC2CN(CC[C@H](NC(=O)C3CCCC3)c3ccccc3)CC2C1. The summed E-state index contributed by atoms with van der Waals surface area (Å²) in [5, 5.41) is 3.38. The van der Waals surface area contributed by atoms with Crippen molar-refractivity contribution in [3.05, 3.63) is 70.8 Å². The number of carbonyl (C=O) groups is 2. The van der Waals surface area contributed by atoms with Gasteiger partial charge in [0.1, 0.15) is 0 Å². The van der Waals surface area contributed by atoms with Crippen LogP contribution in [0.1, 0.15) is 65.2 Å². The van der Waals surface area contributed by atoms with Gasteiger partial charge in [0.25, 0.3) is 5.91 Å². The summed E-state index contributed by atoms with van der Waals surface area (Å²) in [7, 11) is 0. The Labute approximate surface area is 209 Å². The van der Waals surface area contributed by atoms with Crippen LogP contribution in [0.15, 0.2) is 48.5 Å². The summed E-state index contributed by atoms with van der Waals surface area (Å²) in [6.45, 7) is 8.84. The number of fused-ring (bicyclic) bond motifs is 1. The van der Waals surface area contributed by atoms with Crippen LogP contribution in [0, 0.1) is 31.6 Å². The van der Waals surface area contributed by atoms with Crippen molar-refractivity contribution in [2.45, 2.75) is 52.0 Å². The molecule has 2 unspecified atom stereocenters. The highest BCUT2D eigenvalue weighted by Gasteiger charge is 2.42. The third kappa shape index (κ3) is 5.30. The predicted molar refractivity (Wildman–Crippen MR) is 139 cm³/mol. The van der Waals surface area contributed by atoms with Crippen LogP contribution < -0.4 is 5.32 Å². The van der Waals surface area contributed by atoms with Crippen LogP contribution in [0.2, 0.25) is 0 Å². The molecule has 2 amide bonds. The van der Waals surface area contributed by atoms with E-state index in [2.05, 4.69) is 39.4 Å². The fraction of sp³-hybridized carbons (Fsp3) is 0.533. The molecule has 35 heavy (non-hydrogen) atoms. The van der Waals surface area contributed by atoms with Crippen LogP contribution in [0.4, 0.5) is 0 Å². The normalized spacial score (nSPS) is 23.4. The highest BCUT2D eigenvalue weighted by atomic mass is 16.2. The van der Waals surface area contributed by atoms with Gasteiger partial charge in [-0.25, -0.2) is 0 Å². The molecule has 1 N–H and O–H groups in total. The third-order valence-corrected chi connectivity index (χ3v) is 8.52. The number of carbonyl (C=O) groups excluding carboxylic acids is 2. The van der Waals surface area contributed by atoms with Crippen LogP contribution >= 0.6 is 0 Å². The highest BCUT2D eigenvalue weighted by molar-refractivity contribution is 5.97. The van der Waals surface area contributed by atoms with Crippen LogP contribution in [0.5, 0.6) is 0 Å². The molecule has 3 aliphatic rings. The van der Waals surface area contributed by atoms with E-state index in [1.165, 1.54) is 18.4 Å². The Balaban J connectivity index is 1.17. The largest absolute Gasteiger partial charge is 0.349 e. The first-order valence-electron chi connectivity index (χ1n) is 13.4. The summed E-state index contributed by atoms with van der Waals surface area (Å²) >= 11 is 0. The molecule has 5 rings (SSSR count). The Bertz CT molecular complexity index is 1010. The number of aryl methyl sites for hydroxylation is 2. The molecule has 2 saturated heterocycles. The standard InChI is InChI=1S/C30H39N3O2/c1-21-9-8-10-22(2)28(21)30(35)33-19-25-17-32(18-26(25)20-33)16-15-27(23-11-4-3-5-12-23)31-29(34)24-13-6-7-14-24/h3-5,8-12,24-27H,6-7,13-20H2,1-2H3,(H,31,34)/t25?,26?,27-/m0/s1. The summed E-state index contributed by atoms with van der Waals surface area (Å²) in [4.78, 5) is 30.8. The smallest absolute Gasteiger partial charge is 0.254 e. The van der Waals surface area contributed by atoms with E-state index in [4.69, 9.17) is 0 Å². The lowest BCUT2D eigenvalue weighted by atomic mass is 10.0. The number of hydrogen-bond acceptors (Lipinski definition) is 3. The fourth-order valence-corrected chi connectivity index (χ4v) is 6.55. The number of nitrogens with zero attached hydrogens (tertiary/aromatic N) is 2. The van der Waals surface area contributed by atoms with E-state index < -0.39 is 0 Å². The van der Waals surface area contributed by atoms with Gasteiger partial charge in [-0.1, -0.05) is 61.4 Å². The second kappa shape index (κ2) is 10.5. The maximum absolute atomic E-state index is 13.3. The average molecular weight is 474 g/mol. The van der Waals surface area contributed by atoms with Crippen molar-refractivity contribution in [2.24, 2.45) is 17.8 Å². The summed E-state index contributed by atoms with van der Waals surface area (Å²) in [5.41, 5.74) is 4.22. The van der Waals surface area contributed by atoms with Gasteiger partial charge < -0.3 is 15.1 Å². The van der Waals surface area contributed by atoms with E-state index in [1.807, 2.05) is 38.1 Å². The fourth-order valence-electron chi connectivity index (χ4n) is 6.55. The summed E-state index contributed by atoms with van der Waals surface area (Å²) < 4.78 is 0. The minimum atomic E-state index is 0.0619. The molecule has 3 fully saturated rings. The van der Waals surface area contributed by atoms with Crippen LogP contribution in [-0.4, -0.2) is 54.3 Å². The Morgan fingerprint density at radius 1 is 0.886 bits per heavy atom. The molecular formula is C30H39N3O2. The van der Waals surface area contributed by atoms with Gasteiger partial charge in [0.2, 0.25) is 5.91 Å². The molecule has 5 heteroatoms. The van der Waals surface area contributed by atoms with Gasteiger partial charge in [0.05, 0.1) is 6.04 Å². The molecule has 186 valence electrons. The molecule has 0 radical (unpaired) electrons. The number of nitrogens with one attached hydrogen (secondary N) is 1. The third-order valence-electron chi connectivity index (χ3n) is 8.52. The summed E-state index contributed by atoms with van der Waals surface area (Å²) in [5.74, 6) is 1.71. The zero-order valence-electron chi connectivity index (χ0n) is 21.2. The number of rotatable bonds is 7. The second-order valence-electron chi connectivity index (χ2n) is 11.0. The first-order valence-corrected chi connectivity index (χ1v) is 13.4. The quantitative estimate of drug-likeness (QED) is 0.632. The first kappa shape index (κ1) is 24.1. The van der Waals surface area contributed by atoms with E-state index in [-0.39, 0.29) is 23.8 Å². The van der Waals surface area contributed by atoms with Crippen molar-refractivity contribution in [1.82, 2.24) is 15.1 Å². The van der Waals surface area contributed by atoms with Gasteiger partial charge in [-0.15, -0.1) is 0 Å². The summed E-state index contributed by atoms with van der Waals surface area (Å²) in [6.07, 6.45) is 5.33. The molecule has 1 saturated carbocycles. The average Bonchev–Trinajstić information content (AvgIpc) is 3.59. The highest BCUT2D eigenvalue weighted by Crippen LogP contribution is 2.33. The maximum atomic E-state index is 13.3. The molecule has 1 aliphatic carbocycles. The molecule has 2 aromatic rings. The van der Waals surface area contributed by atoms with E-state index in [1.54, 1.807) is 0 Å². The van der Waals surface area contributed by atoms with Crippen molar-refractivity contribution in [3.8, 4) is 0 Å². The molecule has 2 aliphatic heterocycles. The zero-order chi connectivity index (χ0) is 24.4. The minimum absolute atomic E-state index is 0.0619. The van der Waals surface area contributed by atoms with Gasteiger partial charge in [-0.3, -0.25) is 9.59 Å². The number of amides is 2. The van der Waals surface area contributed by atoms with Gasteiger partial charge >= 0.3 is 0 Å². The molecular weight excluding hydrogens is 434 g/mol. The zero-order valence-corrected chi connectivity index (χ0v) is 21.2. The Hall–Kier alpha value is -2.66. The van der Waals surface area contributed by atoms with Gasteiger partial charge in [0, 0.05) is 44.2 Å². The maximum Gasteiger partial charge on any atom is 0.254 e. The van der Waals surface area contributed by atoms with Gasteiger partial charge in [0.15, 0.2) is 0 Å². The van der Waals surface area contributed by atoms with E-state index in [0.29, 0.717) is 11.8 Å². The Morgan fingerprint density at radius 2 is 1.51 bits per heavy atom. The predicted octanol–water partition coefficient (Wildman–Crippen LogP) is 4.75. The number of likely N-dealkylation sites (tertiary alicyclic amines) is 2. The molecule has 0 spiro atoms. The van der Waals surface area contributed by atoms with Crippen LogP contribution in [0.3, 0.4) is 0 Å². The second-order valence-corrected chi connectivity index (χ2v) is 11.0. The molecule has 0 bridgehead atoms. The molecule has 3 atom stereocenters. The lowest BCUT2D eigenvalue weighted by Crippen LogP contribution is -2.37. The van der Waals surface area contributed by atoms with E-state index >= 15 is 0 Å². The molecule has 0 aromatic heterocycles. The van der Waals surface area contributed by atoms with Crippen molar-refractivity contribution in [2.75, 3.05) is 32.7 Å². The van der Waals surface area contributed by atoms with Crippen molar-refractivity contribution >= 4 is 11.8 Å². The Kier molecular flexibility index (Phi) is 7.24. The topological polar surface area (TPSA) is 52.7 Å². The van der Waals surface area contributed by atoms with Gasteiger partial charge in [-0.05, 0) is 61.6 Å². The minimum Gasteiger partial charge on any atom is -0.349 e. The first-order chi connectivity index (χ1) is 17.0. The van der Waals surface area contributed by atoms with Crippen LogP contribution in [-0.2, 0) is 4.79 Å². The summed E-state index contributed by atoms with van der Waals surface area (Å²) in [6, 6.07) is 16.6. The van der Waals surface area contributed by atoms with Crippen molar-refractivity contribution in [1.29, 1.82) is 0 Å². The van der Waals surface area contributed by atoms with Crippen molar-refractivity contribution < 1.29 is 9.59 Å². The van der Waals surface area contributed by atoms with Crippen molar-refractivity contribution in [3.63, 3.8) is 0 Å². The monoisotopic (exact) mass is 473 g/mol. The van der Waals surface area contributed by atoms with E-state index in [9.17, 15) is 9.59 Å². The molecule has 2 aromatic carbocycles. The lowest BCUT2D eigenvalue weighted by molar-refractivity contribution is -0.125. The molecule has 5 nitrogen and oxygen atoms in total. The van der Waals surface area contributed by atoms with Crippen LogP contribution in [0.25, 0.3) is 0 Å².